The van der Waals surface area contributed by atoms with E-state index in [0.717, 1.165) is 0 Å². The van der Waals surface area contributed by atoms with Gasteiger partial charge in [0.25, 0.3) is 0 Å². The van der Waals surface area contributed by atoms with E-state index in [1.165, 1.54) is 26.2 Å². The van der Waals surface area contributed by atoms with Crippen LogP contribution in [0.15, 0.2) is 24.3 Å². The minimum Gasteiger partial charge on any atom is -0.493 e. The van der Waals surface area contributed by atoms with E-state index in [9.17, 15) is 9.59 Å². The highest BCUT2D eigenvalue weighted by Crippen LogP contribution is 2.28. The van der Waals surface area contributed by atoms with Gasteiger partial charge in [-0.2, -0.15) is 5.26 Å². The number of carbonyl (C=O) groups is 2. The summed E-state index contributed by atoms with van der Waals surface area (Å²) in [6.07, 6.45) is 2.74. The Morgan fingerprint density at radius 2 is 2.10 bits per heavy atom. The molecule has 0 atom stereocenters. The average molecular weight is 289 g/mol. The van der Waals surface area contributed by atoms with Crippen LogP contribution in [0.1, 0.15) is 12.5 Å². The van der Waals surface area contributed by atoms with Gasteiger partial charge >= 0.3 is 5.97 Å². The highest BCUT2D eigenvalue weighted by atomic mass is 16.5. The maximum Gasteiger partial charge on any atom is 0.331 e. The highest BCUT2D eigenvalue weighted by Gasteiger charge is 2.05. The summed E-state index contributed by atoms with van der Waals surface area (Å²) in [5, 5.41) is 8.48. The van der Waals surface area contributed by atoms with Crippen LogP contribution in [0, 0.1) is 11.3 Å². The molecule has 0 unspecified atom stereocenters. The number of hydrogen-bond acceptors (Lipinski definition) is 6. The number of esters is 1. The maximum atomic E-state index is 11.3. The minimum atomic E-state index is -0.603. The first-order chi connectivity index (χ1) is 10.1. The zero-order valence-corrected chi connectivity index (χ0v) is 11.8. The molecule has 0 spiro atoms. The molecule has 21 heavy (non-hydrogen) atoms. The number of ether oxygens (including phenoxy) is 3. The van der Waals surface area contributed by atoms with E-state index in [-0.39, 0.29) is 19.0 Å². The van der Waals surface area contributed by atoms with Gasteiger partial charge in [0.2, 0.25) is 0 Å². The monoisotopic (exact) mass is 289 g/mol. The zero-order valence-electron chi connectivity index (χ0n) is 11.8. The van der Waals surface area contributed by atoms with Crippen LogP contribution in [0.5, 0.6) is 11.5 Å². The molecule has 0 N–H and O–H groups in total. The lowest BCUT2D eigenvalue weighted by Crippen LogP contribution is -2.08. The largest absolute Gasteiger partial charge is 0.493 e. The number of methoxy groups -OCH3 is 1. The van der Waals surface area contributed by atoms with E-state index in [1.54, 1.807) is 18.2 Å². The molecule has 0 aliphatic rings. The Morgan fingerprint density at radius 1 is 1.33 bits per heavy atom. The number of ketones is 1. The fourth-order valence-electron chi connectivity index (χ4n) is 1.40. The first-order valence-corrected chi connectivity index (χ1v) is 6.09. The van der Waals surface area contributed by atoms with Gasteiger partial charge in [0.1, 0.15) is 12.7 Å². The van der Waals surface area contributed by atoms with E-state index in [1.807, 2.05) is 6.07 Å². The Balaban J connectivity index is 2.73. The Labute approximate surface area is 122 Å². The lowest BCUT2D eigenvalue weighted by molar-refractivity contribution is -0.142. The summed E-state index contributed by atoms with van der Waals surface area (Å²) >= 11 is 0. The first-order valence-electron chi connectivity index (χ1n) is 6.09. The summed E-state index contributed by atoms with van der Waals surface area (Å²) in [7, 11) is 1.48. The van der Waals surface area contributed by atoms with Crippen molar-refractivity contribution in [2.45, 2.75) is 6.92 Å². The van der Waals surface area contributed by atoms with Crippen molar-refractivity contribution in [1.82, 2.24) is 0 Å². The van der Waals surface area contributed by atoms with Crippen LogP contribution in [0.3, 0.4) is 0 Å². The molecule has 0 fully saturated rings. The zero-order chi connectivity index (χ0) is 15.7. The number of nitrogens with zero attached hydrogens (tertiary/aromatic N) is 1. The number of Topliss-reactive ketones (excluding diaryl/α,β-unsaturated/α-hetero) is 1. The Kier molecular flexibility index (Phi) is 6.48. The molecule has 0 saturated carbocycles. The van der Waals surface area contributed by atoms with Crippen LogP contribution >= 0.6 is 0 Å². The van der Waals surface area contributed by atoms with Crippen molar-refractivity contribution in [3.8, 4) is 17.6 Å². The lowest BCUT2D eigenvalue weighted by Gasteiger charge is -2.08. The lowest BCUT2D eigenvalue weighted by atomic mass is 10.2. The van der Waals surface area contributed by atoms with Crippen LogP contribution in [0.25, 0.3) is 6.08 Å². The molecule has 6 heteroatoms. The standard InChI is InChI=1S/C15H15NO5/c1-11(17)10-21-15(18)6-4-12-3-5-13(20-8-7-16)14(9-12)19-2/h3-6,9H,8,10H2,1-2H3/b6-4+. The molecule has 0 amide bonds. The molecule has 1 rings (SSSR count). The normalized spacial score (nSPS) is 9.95. The number of hydrogen-bond donors (Lipinski definition) is 0. The summed E-state index contributed by atoms with van der Waals surface area (Å²) in [6, 6.07) is 6.85. The Hall–Kier alpha value is -2.81. The smallest absolute Gasteiger partial charge is 0.331 e. The third-order valence-electron chi connectivity index (χ3n) is 2.31. The van der Waals surface area contributed by atoms with Gasteiger partial charge in [-0.3, -0.25) is 4.79 Å². The molecule has 0 heterocycles. The molecular weight excluding hydrogens is 274 g/mol. The minimum absolute atomic E-state index is 0.0804. The van der Waals surface area contributed by atoms with Gasteiger partial charge in [-0.25, -0.2) is 4.79 Å². The highest BCUT2D eigenvalue weighted by molar-refractivity contribution is 5.89. The average Bonchev–Trinajstić information content (AvgIpc) is 2.49. The van der Waals surface area contributed by atoms with Crippen molar-refractivity contribution in [2.24, 2.45) is 0 Å². The van der Waals surface area contributed by atoms with Crippen molar-refractivity contribution in [1.29, 1.82) is 5.26 Å². The fraction of sp³-hybridized carbons (Fsp3) is 0.267. The summed E-state index contributed by atoms with van der Waals surface area (Å²) in [6.45, 7) is 1.01. The van der Waals surface area contributed by atoms with Gasteiger partial charge in [0, 0.05) is 6.08 Å². The topological polar surface area (TPSA) is 85.6 Å². The molecular formula is C15H15NO5. The predicted octanol–water partition coefficient (Wildman–Crippen LogP) is 1.74. The van der Waals surface area contributed by atoms with Gasteiger partial charge in [-0.05, 0) is 30.7 Å². The number of benzene rings is 1. The van der Waals surface area contributed by atoms with Crippen LogP contribution < -0.4 is 9.47 Å². The molecule has 1 aromatic carbocycles. The van der Waals surface area contributed by atoms with Crippen LogP contribution in [0.4, 0.5) is 0 Å². The van der Waals surface area contributed by atoms with E-state index >= 15 is 0 Å². The molecule has 0 saturated heterocycles. The Morgan fingerprint density at radius 3 is 2.71 bits per heavy atom. The molecule has 110 valence electrons. The molecule has 0 radical (unpaired) electrons. The predicted molar refractivity (Wildman–Crippen MR) is 74.8 cm³/mol. The van der Waals surface area contributed by atoms with Gasteiger partial charge in [-0.1, -0.05) is 6.07 Å². The molecule has 1 aromatic rings. The van der Waals surface area contributed by atoms with Crippen molar-refractivity contribution < 1.29 is 23.8 Å². The summed E-state index contributed by atoms with van der Waals surface area (Å²) < 4.78 is 15.0. The van der Waals surface area contributed by atoms with E-state index in [0.29, 0.717) is 17.1 Å². The van der Waals surface area contributed by atoms with E-state index in [4.69, 9.17) is 19.5 Å². The quantitative estimate of drug-likeness (QED) is 0.561. The van der Waals surface area contributed by atoms with Crippen LogP contribution in [-0.2, 0) is 14.3 Å². The van der Waals surface area contributed by atoms with Crippen molar-refractivity contribution in [3.63, 3.8) is 0 Å². The third-order valence-corrected chi connectivity index (χ3v) is 2.31. The summed E-state index contributed by atoms with van der Waals surface area (Å²) in [5.74, 6) is 0.0613. The second kappa shape index (κ2) is 8.38. The summed E-state index contributed by atoms with van der Waals surface area (Å²) in [5.41, 5.74) is 0.691. The van der Waals surface area contributed by atoms with E-state index in [2.05, 4.69) is 0 Å². The number of carbonyl (C=O) groups excluding carboxylic acids is 2. The van der Waals surface area contributed by atoms with Crippen molar-refractivity contribution in [2.75, 3.05) is 20.3 Å². The molecule has 6 nitrogen and oxygen atoms in total. The molecule has 0 aromatic heterocycles. The van der Waals surface area contributed by atoms with Crippen molar-refractivity contribution in [3.05, 3.63) is 29.8 Å². The fourth-order valence-corrected chi connectivity index (χ4v) is 1.40. The van der Waals surface area contributed by atoms with E-state index < -0.39 is 5.97 Å². The van der Waals surface area contributed by atoms with Crippen LogP contribution in [-0.4, -0.2) is 32.1 Å². The Bertz CT molecular complexity index is 586. The second-order valence-corrected chi connectivity index (χ2v) is 4.00. The molecule has 0 aliphatic heterocycles. The maximum absolute atomic E-state index is 11.3. The SMILES string of the molecule is COc1cc(/C=C/C(=O)OCC(C)=O)ccc1OCC#N. The van der Waals surface area contributed by atoms with Gasteiger partial charge in [-0.15, -0.1) is 0 Å². The van der Waals surface area contributed by atoms with Gasteiger partial charge in [0.05, 0.1) is 7.11 Å². The number of nitriles is 1. The van der Waals surface area contributed by atoms with Gasteiger partial charge in [0.15, 0.2) is 23.9 Å². The molecule has 0 aliphatic carbocycles. The van der Waals surface area contributed by atoms with Crippen LogP contribution in [0.2, 0.25) is 0 Å². The van der Waals surface area contributed by atoms with Crippen molar-refractivity contribution >= 4 is 17.8 Å². The summed E-state index contributed by atoms with van der Waals surface area (Å²) in [4.78, 5) is 22.0. The van der Waals surface area contributed by atoms with Gasteiger partial charge < -0.3 is 14.2 Å². The molecule has 0 bridgehead atoms. The second-order valence-electron chi connectivity index (χ2n) is 4.00. The third kappa shape index (κ3) is 5.78. The number of rotatable bonds is 7. The first kappa shape index (κ1) is 16.2.